The molecular weight excluding hydrogens is 486 g/mol. The Morgan fingerprint density at radius 2 is 1.82 bits per heavy atom. The summed E-state index contributed by atoms with van der Waals surface area (Å²) in [6, 6.07) is 17.0. The molecule has 0 spiro atoms. The zero-order chi connectivity index (χ0) is 23.3. The fourth-order valence-electron chi connectivity index (χ4n) is 4.12. The van der Waals surface area contributed by atoms with Gasteiger partial charge >= 0.3 is 0 Å². The fraction of sp³-hybridized carbons (Fsp3) is 0.154. The first-order valence-corrected chi connectivity index (χ1v) is 11.3. The molecule has 0 bridgehead atoms. The van der Waals surface area contributed by atoms with Gasteiger partial charge in [0.1, 0.15) is 23.1 Å². The maximum absolute atomic E-state index is 13.6. The number of Topliss-reactive ketones (excluding diaryl/α,β-unsaturated/α-hetero) is 1. The van der Waals surface area contributed by atoms with Gasteiger partial charge in [0.05, 0.1) is 5.57 Å². The van der Waals surface area contributed by atoms with Gasteiger partial charge in [0, 0.05) is 15.5 Å². The number of aliphatic hydroxyl groups is 1. The van der Waals surface area contributed by atoms with Gasteiger partial charge in [-0.25, -0.2) is 0 Å². The third-order valence-corrected chi connectivity index (χ3v) is 6.30. The maximum Gasteiger partial charge on any atom is 0.294 e. The number of carbonyl (C=O) groups is 2. The van der Waals surface area contributed by atoms with Gasteiger partial charge in [-0.15, -0.1) is 0 Å². The van der Waals surface area contributed by atoms with Crippen molar-refractivity contribution in [3.63, 3.8) is 0 Å². The molecule has 1 amide bonds. The minimum Gasteiger partial charge on any atom is -0.503 e. The molecule has 166 valence electrons. The molecule has 1 aliphatic heterocycles. The lowest BCUT2D eigenvalue weighted by Gasteiger charge is -2.25. The van der Waals surface area contributed by atoms with E-state index in [0.29, 0.717) is 22.8 Å². The van der Waals surface area contributed by atoms with Crippen LogP contribution in [-0.4, -0.2) is 16.8 Å². The van der Waals surface area contributed by atoms with Crippen molar-refractivity contribution in [2.45, 2.75) is 26.3 Å². The van der Waals surface area contributed by atoms with E-state index < -0.39 is 23.5 Å². The van der Waals surface area contributed by atoms with E-state index in [-0.39, 0.29) is 11.3 Å². The second-order valence-electron chi connectivity index (χ2n) is 7.93. The second kappa shape index (κ2) is 8.08. The van der Waals surface area contributed by atoms with E-state index in [1.54, 1.807) is 43.3 Å². The van der Waals surface area contributed by atoms with Crippen LogP contribution in [-0.2, 0) is 11.2 Å². The number of aryl methyl sites for hydroxylation is 2. The summed E-state index contributed by atoms with van der Waals surface area (Å²) in [6.07, 6.45) is 0.852. The van der Waals surface area contributed by atoms with Crippen LogP contribution < -0.4 is 4.90 Å². The lowest BCUT2D eigenvalue weighted by atomic mass is 9.99. The van der Waals surface area contributed by atoms with Crippen LogP contribution in [0.3, 0.4) is 0 Å². The topological polar surface area (TPSA) is 83.9 Å². The Morgan fingerprint density at radius 1 is 1.06 bits per heavy atom. The predicted molar refractivity (Wildman–Crippen MR) is 127 cm³/mol. The van der Waals surface area contributed by atoms with Crippen molar-refractivity contribution in [3.05, 3.63) is 99.3 Å². The summed E-state index contributed by atoms with van der Waals surface area (Å²) in [5.74, 6) is -0.799. The highest BCUT2D eigenvalue weighted by Gasteiger charge is 2.46. The van der Waals surface area contributed by atoms with Crippen LogP contribution >= 0.6 is 15.9 Å². The number of aliphatic hydroxyl groups excluding tert-OH is 1. The molecule has 1 N–H and O–H groups in total. The predicted octanol–water partition coefficient (Wildman–Crippen LogP) is 6.44. The second-order valence-corrected chi connectivity index (χ2v) is 8.85. The molecule has 5 rings (SSSR count). The molecule has 0 saturated heterocycles. The van der Waals surface area contributed by atoms with Crippen molar-refractivity contribution in [2.75, 3.05) is 4.90 Å². The fourth-order valence-corrected chi connectivity index (χ4v) is 4.50. The van der Waals surface area contributed by atoms with E-state index in [2.05, 4.69) is 15.9 Å². The van der Waals surface area contributed by atoms with Crippen molar-refractivity contribution in [1.29, 1.82) is 0 Å². The van der Waals surface area contributed by atoms with Crippen LogP contribution in [0.15, 0.2) is 85.3 Å². The number of carbonyl (C=O) groups excluding carboxylic acids is 2. The first kappa shape index (κ1) is 21.3. The molecule has 0 aliphatic carbocycles. The van der Waals surface area contributed by atoms with Gasteiger partial charge in [-0.1, -0.05) is 35.0 Å². The molecule has 3 heterocycles. The number of amides is 1. The van der Waals surface area contributed by atoms with Crippen LogP contribution in [0.25, 0.3) is 11.0 Å². The van der Waals surface area contributed by atoms with Gasteiger partial charge in [-0.2, -0.15) is 0 Å². The molecule has 1 aliphatic rings. The zero-order valence-electron chi connectivity index (χ0n) is 18.0. The molecule has 33 heavy (non-hydrogen) atoms. The van der Waals surface area contributed by atoms with Gasteiger partial charge in [0.2, 0.25) is 5.78 Å². The first-order valence-electron chi connectivity index (χ1n) is 10.5. The summed E-state index contributed by atoms with van der Waals surface area (Å²) in [4.78, 5) is 28.2. The molecule has 2 aromatic carbocycles. The number of furan rings is 2. The largest absolute Gasteiger partial charge is 0.503 e. The van der Waals surface area contributed by atoms with Crippen molar-refractivity contribution in [3.8, 4) is 0 Å². The number of hydrogen-bond acceptors (Lipinski definition) is 5. The summed E-state index contributed by atoms with van der Waals surface area (Å²) in [6.45, 7) is 3.82. The number of anilines is 1. The highest BCUT2D eigenvalue weighted by molar-refractivity contribution is 9.10. The summed E-state index contributed by atoms with van der Waals surface area (Å²) < 4.78 is 12.4. The average molecular weight is 506 g/mol. The molecule has 1 atom stereocenters. The van der Waals surface area contributed by atoms with Crippen molar-refractivity contribution >= 4 is 44.3 Å². The highest BCUT2D eigenvalue weighted by Crippen LogP contribution is 2.43. The molecule has 4 aromatic rings. The number of fused-ring (bicyclic) bond motifs is 1. The standard InChI is InChI=1S/C26H20BrNO5/c1-3-15-5-8-18(9-6-15)28-23(20-10-4-14(2)32-20)22(25(30)26(28)31)24(29)21-13-16-12-17(27)7-11-19(16)33-21/h4-13,23,30H,3H2,1-2H3. The van der Waals surface area contributed by atoms with Crippen molar-refractivity contribution in [1.82, 2.24) is 0 Å². The summed E-state index contributed by atoms with van der Waals surface area (Å²) in [5, 5.41) is 11.6. The number of halogens is 1. The quantitative estimate of drug-likeness (QED) is 0.315. The van der Waals surface area contributed by atoms with Crippen LogP contribution in [0.2, 0.25) is 0 Å². The van der Waals surface area contributed by atoms with Gasteiger partial charge in [-0.3, -0.25) is 14.5 Å². The van der Waals surface area contributed by atoms with Crippen molar-refractivity contribution in [2.24, 2.45) is 0 Å². The van der Waals surface area contributed by atoms with Crippen LogP contribution in [0.1, 0.15) is 40.6 Å². The van der Waals surface area contributed by atoms with Crippen molar-refractivity contribution < 1.29 is 23.5 Å². The van der Waals surface area contributed by atoms with E-state index in [9.17, 15) is 14.7 Å². The molecule has 0 saturated carbocycles. The van der Waals surface area contributed by atoms with Gasteiger partial charge in [0.15, 0.2) is 11.5 Å². The Hall–Kier alpha value is -3.58. The van der Waals surface area contributed by atoms with E-state index in [1.165, 1.54) is 4.90 Å². The van der Waals surface area contributed by atoms with Gasteiger partial charge < -0.3 is 13.9 Å². The maximum atomic E-state index is 13.6. The monoisotopic (exact) mass is 505 g/mol. The van der Waals surface area contributed by atoms with E-state index in [1.807, 2.05) is 31.2 Å². The van der Waals surface area contributed by atoms with E-state index in [0.717, 1.165) is 21.8 Å². The third-order valence-electron chi connectivity index (χ3n) is 5.81. The lowest BCUT2D eigenvalue weighted by molar-refractivity contribution is -0.117. The minimum atomic E-state index is -0.925. The zero-order valence-corrected chi connectivity index (χ0v) is 19.5. The highest BCUT2D eigenvalue weighted by atomic mass is 79.9. The van der Waals surface area contributed by atoms with Crippen LogP contribution in [0, 0.1) is 6.92 Å². The van der Waals surface area contributed by atoms with Gasteiger partial charge in [-0.05, 0) is 67.4 Å². The molecular formula is C26H20BrNO5. The molecule has 0 radical (unpaired) electrons. The Morgan fingerprint density at radius 3 is 2.48 bits per heavy atom. The Kier molecular flexibility index (Phi) is 5.21. The summed E-state index contributed by atoms with van der Waals surface area (Å²) in [7, 11) is 0. The number of ketones is 1. The molecule has 2 aromatic heterocycles. The van der Waals surface area contributed by atoms with E-state index in [4.69, 9.17) is 8.83 Å². The Balaban J connectivity index is 1.63. The SMILES string of the molecule is CCc1ccc(N2C(=O)C(O)=C(C(=O)c3cc4cc(Br)ccc4o3)C2c2ccc(C)o2)cc1. The molecule has 7 heteroatoms. The number of hydrogen-bond donors (Lipinski definition) is 1. The first-order chi connectivity index (χ1) is 15.9. The normalized spacial score (nSPS) is 16.3. The Labute approximate surface area is 198 Å². The summed E-state index contributed by atoms with van der Waals surface area (Å²) >= 11 is 3.41. The lowest BCUT2D eigenvalue weighted by Crippen LogP contribution is -2.30. The molecule has 0 fully saturated rings. The number of benzene rings is 2. The number of rotatable bonds is 5. The van der Waals surface area contributed by atoms with Crippen LogP contribution in [0.4, 0.5) is 5.69 Å². The van der Waals surface area contributed by atoms with Gasteiger partial charge in [0.25, 0.3) is 5.91 Å². The van der Waals surface area contributed by atoms with E-state index >= 15 is 0 Å². The minimum absolute atomic E-state index is 0.0360. The molecule has 1 unspecified atom stereocenters. The Bertz CT molecular complexity index is 1430. The average Bonchev–Trinajstić information content (AvgIpc) is 3.49. The smallest absolute Gasteiger partial charge is 0.294 e. The number of nitrogens with zero attached hydrogens (tertiary/aromatic N) is 1. The molecule has 6 nitrogen and oxygen atoms in total. The van der Waals surface area contributed by atoms with Crippen LogP contribution in [0.5, 0.6) is 0 Å². The third kappa shape index (κ3) is 3.58. The summed E-state index contributed by atoms with van der Waals surface area (Å²) in [5.41, 5.74) is 2.12.